The number of carbonyl (C=O) groups is 2. The summed E-state index contributed by atoms with van der Waals surface area (Å²) in [6.45, 7) is 8.22. The SMILES string of the molecule is Cc1ccccc1CN(C(=O)Cc1cccc(Cl)c1)[C@H](Cc1ccccc1)C(=O)NC(C)(C)C. The molecule has 3 aromatic carbocycles. The highest BCUT2D eigenvalue weighted by Gasteiger charge is 2.32. The summed E-state index contributed by atoms with van der Waals surface area (Å²) >= 11 is 6.16. The fraction of sp³-hybridized carbons (Fsp3) is 0.310. The zero-order valence-electron chi connectivity index (χ0n) is 20.3. The Labute approximate surface area is 207 Å². The molecule has 34 heavy (non-hydrogen) atoms. The molecule has 1 N–H and O–H groups in total. The second-order valence-corrected chi connectivity index (χ2v) is 10.1. The fourth-order valence-electron chi connectivity index (χ4n) is 3.90. The first-order valence-corrected chi connectivity index (χ1v) is 11.9. The Morgan fingerprint density at radius 1 is 0.912 bits per heavy atom. The maximum absolute atomic E-state index is 13.7. The minimum absolute atomic E-state index is 0.115. The molecule has 0 aliphatic carbocycles. The van der Waals surface area contributed by atoms with Crippen molar-refractivity contribution < 1.29 is 9.59 Å². The fourth-order valence-corrected chi connectivity index (χ4v) is 4.11. The van der Waals surface area contributed by atoms with E-state index in [0.717, 1.165) is 22.3 Å². The first-order valence-electron chi connectivity index (χ1n) is 11.6. The van der Waals surface area contributed by atoms with E-state index in [1.807, 2.05) is 94.4 Å². The van der Waals surface area contributed by atoms with E-state index in [9.17, 15) is 9.59 Å². The Kier molecular flexibility index (Phi) is 8.51. The standard InChI is InChI=1S/C29H33ClN2O2/c1-21-11-8-9-15-24(21)20-32(27(33)19-23-14-10-16-25(30)17-23)26(28(34)31-29(2,3)4)18-22-12-6-5-7-13-22/h5-17,26H,18-20H2,1-4H3,(H,31,34)/t26-/m1/s1. The first-order chi connectivity index (χ1) is 16.1. The van der Waals surface area contributed by atoms with Crippen molar-refractivity contribution in [3.8, 4) is 0 Å². The third kappa shape index (κ3) is 7.46. The molecule has 5 heteroatoms. The van der Waals surface area contributed by atoms with Gasteiger partial charge in [-0.05, 0) is 62.1 Å². The normalized spacial score (nSPS) is 12.1. The lowest BCUT2D eigenvalue weighted by molar-refractivity contribution is -0.141. The lowest BCUT2D eigenvalue weighted by Gasteiger charge is -2.34. The van der Waals surface area contributed by atoms with Crippen molar-refractivity contribution in [2.75, 3.05) is 0 Å². The number of halogens is 1. The molecule has 0 aromatic heterocycles. The summed E-state index contributed by atoms with van der Waals surface area (Å²) in [6.07, 6.45) is 0.594. The van der Waals surface area contributed by atoms with Crippen LogP contribution in [0.2, 0.25) is 5.02 Å². The molecule has 3 rings (SSSR count). The summed E-state index contributed by atoms with van der Waals surface area (Å²) in [5, 5.41) is 3.68. The predicted octanol–water partition coefficient (Wildman–Crippen LogP) is 5.75. The average molecular weight is 477 g/mol. The van der Waals surface area contributed by atoms with Crippen LogP contribution in [0.5, 0.6) is 0 Å². The molecule has 3 aromatic rings. The molecule has 0 bridgehead atoms. The van der Waals surface area contributed by atoms with Crippen molar-refractivity contribution in [3.63, 3.8) is 0 Å². The number of nitrogens with one attached hydrogen (secondary N) is 1. The molecule has 0 saturated heterocycles. The zero-order valence-corrected chi connectivity index (χ0v) is 21.1. The minimum Gasteiger partial charge on any atom is -0.350 e. The number of nitrogens with zero attached hydrogens (tertiary/aromatic N) is 1. The van der Waals surface area contributed by atoms with Gasteiger partial charge in [0, 0.05) is 23.5 Å². The van der Waals surface area contributed by atoms with Crippen LogP contribution in [-0.2, 0) is 29.0 Å². The third-order valence-electron chi connectivity index (χ3n) is 5.62. The summed E-state index contributed by atoms with van der Waals surface area (Å²) in [4.78, 5) is 29.0. The number of hydrogen-bond donors (Lipinski definition) is 1. The van der Waals surface area contributed by atoms with E-state index in [1.165, 1.54) is 0 Å². The van der Waals surface area contributed by atoms with Crippen LogP contribution in [-0.4, -0.2) is 28.3 Å². The smallest absolute Gasteiger partial charge is 0.243 e. The van der Waals surface area contributed by atoms with Gasteiger partial charge in [0.1, 0.15) is 6.04 Å². The molecule has 0 aliphatic heterocycles. The van der Waals surface area contributed by atoms with E-state index in [4.69, 9.17) is 11.6 Å². The van der Waals surface area contributed by atoms with Crippen LogP contribution < -0.4 is 5.32 Å². The van der Waals surface area contributed by atoms with E-state index < -0.39 is 11.6 Å². The second-order valence-electron chi connectivity index (χ2n) is 9.70. The number of aryl methyl sites for hydroxylation is 1. The van der Waals surface area contributed by atoms with Crippen LogP contribution in [0.1, 0.15) is 43.0 Å². The molecule has 0 saturated carbocycles. The van der Waals surface area contributed by atoms with Gasteiger partial charge in [-0.15, -0.1) is 0 Å². The quantitative estimate of drug-likeness (QED) is 0.450. The molecule has 0 heterocycles. The van der Waals surface area contributed by atoms with E-state index in [-0.39, 0.29) is 18.2 Å². The lowest BCUT2D eigenvalue weighted by atomic mass is 9.99. The van der Waals surface area contributed by atoms with E-state index >= 15 is 0 Å². The largest absolute Gasteiger partial charge is 0.350 e. The topological polar surface area (TPSA) is 49.4 Å². The Hall–Kier alpha value is -3.11. The van der Waals surface area contributed by atoms with Gasteiger partial charge in [0.25, 0.3) is 0 Å². The third-order valence-corrected chi connectivity index (χ3v) is 5.85. The van der Waals surface area contributed by atoms with Gasteiger partial charge in [-0.1, -0.05) is 78.3 Å². The van der Waals surface area contributed by atoms with Crippen molar-refractivity contribution in [1.29, 1.82) is 0 Å². The van der Waals surface area contributed by atoms with Gasteiger partial charge < -0.3 is 10.2 Å². The Balaban J connectivity index is 2.00. The number of benzene rings is 3. The van der Waals surface area contributed by atoms with Gasteiger partial charge in [0.2, 0.25) is 11.8 Å². The molecular formula is C29H33ClN2O2. The first kappa shape index (κ1) is 25.5. The number of rotatable bonds is 8. The van der Waals surface area contributed by atoms with Crippen molar-refractivity contribution in [2.45, 2.75) is 58.7 Å². The Morgan fingerprint density at radius 3 is 2.21 bits per heavy atom. The molecular weight excluding hydrogens is 444 g/mol. The van der Waals surface area contributed by atoms with E-state index in [1.54, 1.807) is 17.0 Å². The molecule has 0 spiro atoms. The van der Waals surface area contributed by atoms with Crippen LogP contribution in [0, 0.1) is 6.92 Å². The molecule has 0 unspecified atom stereocenters. The van der Waals surface area contributed by atoms with Gasteiger partial charge in [-0.2, -0.15) is 0 Å². The van der Waals surface area contributed by atoms with Gasteiger partial charge in [0.15, 0.2) is 0 Å². The van der Waals surface area contributed by atoms with Crippen molar-refractivity contribution in [3.05, 3.63) is 106 Å². The molecule has 0 radical (unpaired) electrons. The highest BCUT2D eigenvalue weighted by atomic mass is 35.5. The molecule has 0 fully saturated rings. The van der Waals surface area contributed by atoms with E-state index in [0.29, 0.717) is 18.0 Å². The van der Waals surface area contributed by atoms with Crippen LogP contribution in [0.4, 0.5) is 0 Å². The molecule has 4 nitrogen and oxygen atoms in total. The second kappa shape index (κ2) is 11.3. The number of carbonyl (C=O) groups excluding carboxylic acids is 2. The van der Waals surface area contributed by atoms with Crippen LogP contribution >= 0.6 is 11.6 Å². The Bertz CT molecular complexity index is 1120. The van der Waals surface area contributed by atoms with Crippen molar-refractivity contribution in [1.82, 2.24) is 10.2 Å². The van der Waals surface area contributed by atoms with E-state index in [2.05, 4.69) is 5.32 Å². The number of amides is 2. The number of hydrogen-bond acceptors (Lipinski definition) is 2. The minimum atomic E-state index is -0.659. The zero-order chi connectivity index (χ0) is 24.7. The summed E-state index contributed by atoms with van der Waals surface area (Å²) in [6, 6.07) is 24.5. The summed E-state index contributed by atoms with van der Waals surface area (Å²) < 4.78 is 0. The predicted molar refractivity (Wildman–Crippen MR) is 139 cm³/mol. The molecule has 2 amide bonds. The maximum Gasteiger partial charge on any atom is 0.243 e. The molecule has 178 valence electrons. The van der Waals surface area contributed by atoms with Crippen LogP contribution in [0.3, 0.4) is 0 Å². The lowest BCUT2D eigenvalue weighted by Crippen LogP contribution is -2.54. The van der Waals surface area contributed by atoms with Gasteiger partial charge in [0.05, 0.1) is 6.42 Å². The van der Waals surface area contributed by atoms with Crippen LogP contribution in [0.15, 0.2) is 78.9 Å². The summed E-state index contributed by atoms with van der Waals surface area (Å²) in [7, 11) is 0. The monoisotopic (exact) mass is 476 g/mol. The summed E-state index contributed by atoms with van der Waals surface area (Å²) in [5.74, 6) is -0.278. The molecule has 0 aliphatic rings. The highest BCUT2D eigenvalue weighted by Crippen LogP contribution is 2.20. The molecule has 1 atom stereocenters. The van der Waals surface area contributed by atoms with Gasteiger partial charge in [-0.3, -0.25) is 9.59 Å². The maximum atomic E-state index is 13.7. The Morgan fingerprint density at radius 2 is 1.56 bits per heavy atom. The van der Waals surface area contributed by atoms with Crippen molar-refractivity contribution in [2.24, 2.45) is 0 Å². The highest BCUT2D eigenvalue weighted by molar-refractivity contribution is 6.30. The summed E-state index contributed by atoms with van der Waals surface area (Å²) in [5.41, 5.74) is 3.50. The van der Waals surface area contributed by atoms with Crippen LogP contribution in [0.25, 0.3) is 0 Å². The van der Waals surface area contributed by atoms with Gasteiger partial charge in [-0.25, -0.2) is 0 Å². The van der Waals surface area contributed by atoms with Crippen molar-refractivity contribution >= 4 is 23.4 Å². The average Bonchev–Trinajstić information content (AvgIpc) is 2.77. The van der Waals surface area contributed by atoms with Gasteiger partial charge >= 0.3 is 0 Å².